The summed E-state index contributed by atoms with van der Waals surface area (Å²) < 4.78 is 9.16. The molecular weight excluding hydrogens is 805 g/mol. The van der Waals surface area contributed by atoms with Crippen LogP contribution in [0.5, 0.6) is 0 Å². The second-order valence-corrected chi connectivity index (χ2v) is 19.5. The number of rotatable bonds is 4. The van der Waals surface area contributed by atoms with Gasteiger partial charge < -0.3 is 4.42 Å². The summed E-state index contributed by atoms with van der Waals surface area (Å²) in [5, 5.41) is 15.6. The molecule has 1 nitrogen and oxygen atoms in total. The Morgan fingerprint density at radius 1 is 0.462 bits per heavy atom. The fourth-order valence-electron chi connectivity index (χ4n) is 12.1. The van der Waals surface area contributed by atoms with Gasteiger partial charge in [-0.25, -0.2) is 0 Å². The van der Waals surface area contributed by atoms with Crippen LogP contribution in [0.25, 0.3) is 119 Å². The van der Waals surface area contributed by atoms with Crippen LogP contribution in [0.3, 0.4) is 0 Å². The zero-order chi connectivity index (χ0) is 42.8. The minimum atomic E-state index is 0.314. The first-order valence-electron chi connectivity index (χ1n) is 23.3. The van der Waals surface area contributed by atoms with Gasteiger partial charge in [0.2, 0.25) is 0 Å². The largest absolute Gasteiger partial charge is 0.456 e. The SMILES string of the molecule is C[C@H]1C=CC=CC1c1c2ccccc2c(-c2cccc3c2sc2cc(-c4c5ccccc5c(-c5ccc6oc7ccc8c(c7c6c5)CCCC8)c5ccccc45)ccc23)c2ccccc12. The Morgan fingerprint density at radius 2 is 1.03 bits per heavy atom. The lowest BCUT2D eigenvalue weighted by atomic mass is 9.78. The van der Waals surface area contributed by atoms with Gasteiger partial charge in [0.25, 0.3) is 0 Å². The van der Waals surface area contributed by atoms with Gasteiger partial charge in [0.05, 0.1) is 0 Å². The van der Waals surface area contributed by atoms with Gasteiger partial charge in [0, 0.05) is 42.4 Å². The average Bonchev–Trinajstić information content (AvgIpc) is 3.93. The van der Waals surface area contributed by atoms with Gasteiger partial charge in [0.1, 0.15) is 11.2 Å². The Labute approximate surface area is 381 Å². The van der Waals surface area contributed by atoms with Crippen molar-refractivity contribution in [3.8, 4) is 33.4 Å². The minimum absolute atomic E-state index is 0.314. The molecule has 12 aromatic rings. The third kappa shape index (κ3) is 5.51. The van der Waals surface area contributed by atoms with E-state index in [9.17, 15) is 0 Å². The van der Waals surface area contributed by atoms with Crippen LogP contribution in [0, 0.1) is 5.92 Å². The van der Waals surface area contributed by atoms with Crippen molar-refractivity contribution < 1.29 is 4.42 Å². The van der Waals surface area contributed by atoms with E-state index < -0.39 is 0 Å². The summed E-state index contributed by atoms with van der Waals surface area (Å²) in [6, 6.07) is 61.9. The number of aryl methyl sites for hydroxylation is 2. The Balaban J connectivity index is 0.971. The highest BCUT2D eigenvalue weighted by atomic mass is 32.1. The molecule has 0 aliphatic heterocycles. The first kappa shape index (κ1) is 37.1. The summed E-state index contributed by atoms with van der Waals surface area (Å²) in [6.07, 6.45) is 13.9. The molecule has 65 heavy (non-hydrogen) atoms. The molecule has 0 bridgehead atoms. The van der Waals surface area contributed by atoms with Crippen LogP contribution >= 0.6 is 11.3 Å². The molecule has 2 heterocycles. The second kappa shape index (κ2) is 14.4. The van der Waals surface area contributed by atoms with E-state index in [-0.39, 0.29) is 0 Å². The molecule has 2 heteroatoms. The van der Waals surface area contributed by atoms with Crippen LogP contribution in [0.2, 0.25) is 0 Å². The minimum Gasteiger partial charge on any atom is -0.456 e. The molecular formula is C63H44OS. The number of hydrogen-bond donors (Lipinski definition) is 0. The molecule has 0 fully saturated rings. The van der Waals surface area contributed by atoms with E-state index in [0.717, 1.165) is 24.0 Å². The molecule has 0 radical (unpaired) electrons. The number of furan rings is 1. The topological polar surface area (TPSA) is 13.1 Å². The number of hydrogen-bond acceptors (Lipinski definition) is 2. The van der Waals surface area contributed by atoms with E-state index in [0.29, 0.717) is 11.8 Å². The normalized spacial score (nSPS) is 16.3. The van der Waals surface area contributed by atoms with Crippen LogP contribution in [0.15, 0.2) is 193 Å². The lowest BCUT2D eigenvalue weighted by molar-refractivity contribution is 0.643. The fourth-order valence-corrected chi connectivity index (χ4v) is 13.3. The Bertz CT molecular complexity index is 3930. The monoisotopic (exact) mass is 848 g/mol. The van der Waals surface area contributed by atoms with Crippen molar-refractivity contribution in [3.63, 3.8) is 0 Å². The van der Waals surface area contributed by atoms with Crippen molar-refractivity contribution in [2.45, 2.75) is 38.5 Å². The lowest BCUT2D eigenvalue weighted by Gasteiger charge is -2.26. The maximum Gasteiger partial charge on any atom is 0.135 e. The van der Waals surface area contributed by atoms with Gasteiger partial charge in [0.15, 0.2) is 0 Å². The highest BCUT2D eigenvalue weighted by molar-refractivity contribution is 7.26. The summed E-state index contributed by atoms with van der Waals surface area (Å²) in [7, 11) is 0. The highest BCUT2D eigenvalue weighted by Crippen LogP contribution is 2.50. The zero-order valence-electron chi connectivity index (χ0n) is 36.2. The molecule has 2 atom stereocenters. The molecule has 0 saturated carbocycles. The van der Waals surface area contributed by atoms with E-state index in [1.807, 2.05) is 11.3 Å². The fraction of sp³-hybridized carbons (Fsp3) is 0.111. The predicted molar refractivity (Wildman–Crippen MR) is 280 cm³/mol. The van der Waals surface area contributed by atoms with Crippen LogP contribution in [0.4, 0.5) is 0 Å². The molecule has 2 aromatic heterocycles. The zero-order valence-corrected chi connectivity index (χ0v) is 37.0. The molecule has 1 unspecified atom stereocenters. The van der Waals surface area contributed by atoms with Gasteiger partial charge in [-0.1, -0.05) is 171 Å². The molecule has 0 amide bonds. The third-order valence-corrected chi connectivity index (χ3v) is 16.2. The summed E-state index contributed by atoms with van der Waals surface area (Å²) in [6.45, 7) is 2.35. The molecule has 0 saturated heterocycles. The number of allylic oxidation sites excluding steroid dienone is 4. The van der Waals surface area contributed by atoms with Crippen molar-refractivity contribution in [3.05, 3.63) is 205 Å². The summed E-state index contributed by atoms with van der Waals surface area (Å²) in [4.78, 5) is 0. The Hall–Kier alpha value is -7.26. The average molecular weight is 849 g/mol. The van der Waals surface area contributed by atoms with Gasteiger partial charge in [-0.2, -0.15) is 0 Å². The first-order valence-corrected chi connectivity index (χ1v) is 24.1. The maximum atomic E-state index is 6.52. The molecule has 10 aromatic carbocycles. The first-order chi connectivity index (χ1) is 32.2. The lowest BCUT2D eigenvalue weighted by Crippen LogP contribution is -2.09. The molecule has 0 N–H and O–H groups in total. The molecule has 2 aliphatic carbocycles. The molecule has 14 rings (SSSR count). The predicted octanol–water partition coefficient (Wildman–Crippen LogP) is 18.3. The summed E-state index contributed by atoms with van der Waals surface area (Å²) >= 11 is 1.94. The third-order valence-electron chi connectivity index (χ3n) is 15.0. The maximum absolute atomic E-state index is 6.52. The van der Waals surface area contributed by atoms with Crippen LogP contribution in [-0.2, 0) is 12.8 Å². The van der Waals surface area contributed by atoms with E-state index in [1.165, 1.54) is 137 Å². The molecule has 2 aliphatic rings. The number of fused-ring (bicyclic) bond motifs is 12. The van der Waals surface area contributed by atoms with Gasteiger partial charge in [-0.05, 0) is 143 Å². The van der Waals surface area contributed by atoms with E-state index >= 15 is 0 Å². The highest BCUT2D eigenvalue weighted by Gasteiger charge is 2.26. The molecule has 0 spiro atoms. The van der Waals surface area contributed by atoms with Crippen LogP contribution in [0.1, 0.15) is 42.4 Å². The second-order valence-electron chi connectivity index (χ2n) is 18.5. The Kier molecular flexibility index (Phi) is 8.22. The van der Waals surface area contributed by atoms with Crippen molar-refractivity contribution >= 4 is 96.5 Å². The van der Waals surface area contributed by atoms with Crippen molar-refractivity contribution in [1.82, 2.24) is 0 Å². The Morgan fingerprint density at radius 3 is 1.71 bits per heavy atom. The number of thiophene rings is 1. The van der Waals surface area contributed by atoms with E-state index in [2.05, 4.69) is 195 Å². The molecule has 308 valence electrons. The van der Waals surface area contributed by atoms with Gasteiger partial charge in [-0.15, -0.1) is 11.3 Å². The van der Waals surface area contributed by atoms with Crippen molar-refractivity contribution in [2.24, 2.45) is 5.92 Å². The van der Waals surface area contributed by atoms with Crippen LogP contribution < -0.4 is 0 Å². The standard InChI is InChI=1S/C63H44OS/c1-37-15-2-4-17-41(37)60-48-23-10-12-25-50(48)61(51-26-13-11-24-49(51)60)53-28-14-27-52-43-32-29-40(36-57(43)65-63(52)53)59-46-21-8-6-19-44(46)58(45-20-7-9-22-47(45)59)39-31-33-55-54(35-39)62-42-18-5-3-16-38(42)30-34-56(62)64-55/h2,4,6-15,17,19-37,41H,3,5,16,18H2,1H3/t37-,41?/m0/s1. The quantitative estimate of drug-likeness (QED) is 0.161. The van der Waals surface area contributed by atoms with Gasteiger partial charge in [-0.3, -0.25) is 0 Å². The summed E-state index contributed by atoms with van der Waals surface area (Å²) in [5.41, 5.74) is 14.1. The van der Waals surface area contributed by atoms with Crippen molar-refractivity contribution in [1.29, 1.82) is 0 Å². The van der Waals surface area contributed by atoms with E-state index in [4.69, 9.17) is 4.42 Å². The smallest absolute Gasteiger partial charge is 0.135 e. The van der Waals surface area contributed by atoms with E-state index in [1.54, 1.807) is 0 Å². The number of benzene rings is 10. The van der Waals surface area contributed by atoms with Crippen molar-refractivity contribution in [2.75, 3.05) is 0 Å². The van der Waals surface area contributed by atoms with Crippen LogP contribution in [-0.4, -0.2) is 0 Å². The van der Waals surface area contributed by atoms with Gasteiger partial charge >= 0.3 is 0 Å². The summed E-state index contributed by atoms with van der Waals surface area (Å²) in [5.74, 6) is 0.732.